The molecule has 0 amide bonds. The van der Waals surface area contributed by atoms with E-state index in [9.17, 15) is 0 Å². The normalized spacial score (nSPS) is 10.6. The van der Waals surface area contributed by atoms with E-state index in [0.29, 0.717) is 4.77 Å². The van der Waals surface area contributed by atoms with Crippen LogP contribution in [0.2, 0.25) is 0 Å². The second-order valence-corrected chi connectivity index (χ2v) is 5.71. The molecule has 1 heterocycles. The molecule has 0 bridgehead atoms. The first-order valence-corrected chi connectivity index (χ1v) is 7.47. The van der Waals surface area contributed by atoms with Gasteiger partial charge in [0.2, 0.25) is 0 Å². The summed E-state index contributed by atoms with van der Waals surface area (Å²) in [6.07, 6.45) is 0. The largest absolute Gasteiger partial charge is 0.497 e. The minimum absolute atomic E-state index is 0.536. The molecule has 3 aromatic rings. The predicted molar refractivity (Wildman–Crippen MR) is 88.4 cm³/mol. The van der Waals surface area contributed by atoms with Crippen molar-refractivity contribution in [2.45, 2.75) is 0 Å². The molecule has 0 unspecified atom stereocenters. The van der Waals surface area contributed by atoms with Gasteiger partial charge in [0.05, 0.1) is 12.8 Å². The van der Waals surface area contributed by atoms with Crippen molar-refractivity contribution in [2.24, 2.45) is 0 Å². The minimum Gasteiger partial charge on any atom is -0.497 e. The first-order valence-electron chi connectivity index (χ1n) is 6.27. The number of hydrogen-bond donors (Lipinski definition) is 1. The molecule has 0 fully saturated rings. The molecule has 1 N–H and O–H groups in total. The maximum absolute atomic E-state index is 5.37. The summed E-state index contributed by atoms with van der Waals surface area (Å²) < 4.78 is 8.65. The Morgan fingerprint density at radius 3 is 2.67 bits per heavy atom. The van der Waals surface area contributed by atoms with E-state index in [1.54, 1.807) is 7.11 Å². The van der Waals surface area contributed by atoms with Crippen LogP contribution in [0.1, 0.15) is 0 Å². The predicted octanol–water partition coefficient (Wildman–Crippen LogP) is 4.37. The number of hydrogen-bond acceptors (Lipinski definition) is 3. The van der Waals surface area contributed by atoms with Crippen molar-refractivity contribution >= 4 is 28.1 Å². The molecule has 106 valence electrons. The molecule has 6 heteroatoms. The molecule has 0 spiro atoms. The highest BCUT2D eigenvalue weighted by Gasteiger charge is 2.11. The lowest BCUT2D eigenvalue weighted by molar-refractivity contribution is 0.414. The van der Waals surface area contributed by atoms with Crippen molar-refractivity contribution in [2.75, 3.05) is 7.11 Å². The lowest BCUT2D eigenvalue weighted by atomic mass is 10.2. The van der Waals surface area contributed by atoms with Crippen molar-refractivity contribution in [1.82, 2.24) is 14.8 Å². The Hall–Kier alpha value is -1.92. The summed E-state index contributed by atoms with van der Waals surface area (Å²) >= 11 is 8.85. The van der Waals surface area contributed by atoms with Crippen molar-refractivity contribution in [3.63, 3.8) is 0 Å². The maximum atomic E-state index is 5.37. The lowest BCUT2D eigenvalue weighted by Crippen LogP contribution is -1.98. The highest BCUT2D eigenvalue weighted by molar-refractivity contribution is 9.10. The Balaban J connectivity index is 2.22. The highest BCUT2D eigenvalue weighted by Crippen LogP contribution is 2.27. The van der Waals surface area contributed by atoms with Gasteiger partial charge in [-0.3, -0.25) is 9.67 Å². The van der Waals surface area contributed by atoms with E-state index >= 15 is 0 Å². The van der Waals surface area contributed by atoms with Crippen molar-refractivity contribution < 1.29 is 4.74 Å². The van der Waals surface area contributed by atoms with Gasteiger partial charge in [-0.1, -0.05) is 46.3 Å². The van der Waals surface area contributed by atoms with Crippen molar-refractivity contribution in [3.8, 4) is 22.8 Å². The zero-order valence-electron chi connectivity index (χ0n) is 11.2. The van der Waals surface area contributed by atoms with Crippen LogP contribution in [0.4, 0.5) is 0 Å². The minimum atomic E-state index is 0.536. The van der Waals surface area contributed by atoms with Gasteiger partial charge in [0.1, 0.15) is 5.75 Å². The average molecular weight is 362 g/mol. The Bertz CT molecular complexity index is 826. The van der Waals surface area contributed by atoms with E-state index in [0.717, 1.165) is 27.3 Å². The molecule has 0 aliphatic carbocycles. The fourth-order valence-electron chi connectivity index (χ4n) is 2.11. The number of benzene rings is 2. The van der Waals surface area contributed by atoms with Crippen molar-refractivity contribution in [3.05, 3.63) is 57.8 Å². The lowest BCUT2D eigenvalue weighted by Gasteiger charge is -2.09. The van der Waals surface area contributed by atoms with Crippen LogP contribution in [0.3, 0.4) is 0 Å². The quantitative estimate of drug-likeness (QED) is 0.704. The van der Waals surface area contributed by atoms with Gasteiger partial charge in [0.25, 0.3) is 0 Å². The van der Waals surface area contributed by atoms with Crippen LogP contribution >= 0.6 is 28.1 Å². The van der Waals surface area contributed by atoms with Gasteiger partial charge in [-0.15, -0.1) is 0 Å². The summed E-state index contributed by atoms with van der Waals surface area (Å²) in [4.78, 5) is 0. The van der Waals surface area contributed by atoms with Crippen LogP contribution in [0.15, 0.2) is 53.0 Å². The number of aromatic nitrogens is 3. The summed E-state index contributed by atoms with van der Waals surface area (Å²) in [7, 11) is 1.64. The van der Waals surface area contributed by atoms with Crippen LogP contribution < -0.4 is 4.74 Å². The Morgan fingerprint density at radius 1 is 1.19 bits per heavy atom. The van der Waals surface area contributed by atoms with Gasteiger partial charge in [0.15, 0.2) is 10.6 Å². The summed E-state index contributed by atoms with van der Waals surface area (Å²) in [5.41, 5.74) is 1.88. The summed E-state index contributed by atoms with van der Waals surface area (Å²) in [6, 6.07) is 15.7. The second kappa shape index (κ2) is 5.83. The van der Waals surface area contributed by atoms with Gasteiger partial charge < -0.3 is 4.74 Å². The van der Waals surface area contributed by atoms with Gasteiger partial charge in [-0.2, -0.15) is 5.10 Å². The molecule has 0 aliphatic heterocycles. The van der Waals surface area contributed by atoms with E-state index in [4.69, 9.17) is 17.0 Å². The third-order valence-electron chi connectivity index (χ3n) is 3.05. The fraction of sp³-hybridized carbons (Fsp3) is 0.0667. The topological polar surface area (TPSA) is 42.8 Å². The molecule has 0 saturated carbocycles. The first-order chi connectivity index (χ1) is 10.2. The molecule has 0 saturated heterocycles. The van der Waals surface area contributed by atoms with Crippen LogP contribution in [0.5, 0.6) is 5.75 Å². The Kier molecular flexibility index (Phi) is 3.90. The van der Waals surface area contributed by atoms with Gasteiger partial charge in [0, 0.05) is 16.1 Å². The van der Waals surface area contributed by atoms with Gasteiger partial charge >= 0.3 is 0 Å². The third kappa shape index (κ3) is 2.77. The standard InChI is InChI=1S/C15H12BrN3OS/c1-20-13-8-11(16)7-12(9-13)19-14(17-18-15(19)21)10-5-3-2-4-6-10/h2-9H,1H3,(H,18,21). The molecule has 4 nitrogen and oxygen atoms in total. The molecule has 0 atom stereocenters. The van der Waals surface area contributed by atoms with Crippen LogP contribution in [0, 0.1) is 4.77 Å². The molecule has 0 aliphatic rings. The van der Waals surface area contributed by atoms with Crippen LogP contribution in [0.25, 0.3) is 17.1 Å². The second-order valence-electron chi connectivity index (χ2n) is 4.40. The van der Waals surface area contributed by atoms with E-state index in [1.165, 1.54) is 0 Å². The SMILES string of the molecule is COc1cc(Br)cc(-n2c(-c3ccccc3)n[nH]c2=S)c1. The highest BCUT2D eigenvalue weighted by atomic mass is 79.9. The monoisotopic (exact) mass is 361 g/mol. The zero-order chi connectivity index (χ0) is 14.8. The molecule has 0 radical (unpaired) electrons. The number of aromatic amines is 1. The third-order valence-corrected chi connectivity index (χ3v) is 3.79. The maximum Gasteiger partial charge on any atom is 0.200 e. The van der Waals surface area contributed by atoms with Gasteiger partial charge in [-0.25, -0.2) is 0 Å². The number of nitrogens with zero attached hydrogens (tertiary/aromatic N) is 2. The number of halogens is 1. The number of rotatable bonds is 3. The van der Waals surface area contributed by atoms with E-state index in [-0.39, 0.29) is 0 Å². The Labute approximate surface area is 135 Å². The summed E-state index contributed by atoms with van der Waals surface area (Å²) in [5, 5.41) is 7.19. The van der Waals surface area contributed by atoms with E-state index in [1.807, 2.05) is 53.1 Å². The van der Waals surface area contributed by atoms with E-state index in [2.05, 4.69) is 26.1 Å². The Morgan fingerprint density at radius 2 is 1.95 bits per heavy atom. The fourth-order valence-corrected chi connectivity index (χ4v) is 2.81. The molecule has 3 rings (SSSR count). The molecule has 21 heavy (non-hydrogen) atoms. The molecule has 2 aromatic carbocycles. The number of H-pyrrole nitrogens is 1. The molecule has 1 aromatic heterocycles. The van der Waals surface area contributed by atoms with Crippen LogP contribution in [-0.4, -0.2) is 21.9 Å². The van der Waals surface area contributed by atoms with E-state index < -0.39 is 0 Å². The summed E-state index contributed by atoms with van der Waals surface area (Å²) in [5.74, 6) is 1.52. The molecular weight excluding hydrogens is 350 g/mol. The van der Waals surface area contributed by atoms with Gasteiger partial charge in [-0.05, 0) is 24.4 Å². The zero-order valence-corrected chi connectivity index (χ0v) is 13.6. The first kappa shape index (κ1) is 14.0. The number of methoxy groups -OCH3 is 1. The van der Waals surface area contributed by atoms with Crippen molar-refractivity contribution in [1.29, 1.82) is 0 Å². The summed E-state index contributed by atoms with van der Waals surface area (Å²) in [6.45, 7) is 0. The average Bonchev–Trinajstić information content (AvgIpc) is 2.89. The molecular formula is C15H12BrN3OS. The smallest absolute Gasteiger partial charge is 0.200 e. The van der Waals surface area contributed by atoms with Crippen LogP contribution in [-0.2, 0) is 0 Å². The number of ether oxygens (including phenoxy) is 1. The number of nitrogens with one attached hydrogen (secondary N) is 1.